The molecule has 2 amide bonds. The van der Waals surface area contributed by atoms with E-state index in [9.17, 15) is 9.59 Å². The van der Waals surface area contributed by atoms with E-state index >= 15 is 0 Å². The lowest BCUT2D eigenvalue weighted by atomic mass is 10.1. The second-order valence-corrected chi connectivity index (χ2v) is 6.35. The standard InChI is InChI=1S/C20H23ClN2O3/c1-4-5-9-22-19(24)14-7-6-8-15(11-14)20(25)23-17-10-13(2)16(21)12-18(17)26-3/h6-8,10-12H,4-5,9H2,1-3H3,(H,22,24)(H,23,25). The van der Waals surface area contributed by atoms with Crippen molar-refractivity contribution in [2.75, 3.05) is 19.0 Å². The molecule has 2 rings (SSSR count). The van der Waals surface area contributed by atoms with Crippen LogP contribution in [-0.4, -0.2) is 25.5 Å². The average molecular weight is 375 g/mol. The van der Waals surface area contributed by atoms with Gasteiger partial charge in [-0.15, -0.1) is 0 Å². The van der Waals surface area contributed by atoms with Gasteiger partial charge >= 0.3 is 0 Å². The number of ether oxygens (including phenoxy) is 1. The number of hydrogen-bond acceptors (Lipinski definition) is 3. The molecule has 26 heavy (non-hydrogen) atoms. The molecule has 0 aromatic heterocycles. The Bertz CT molecular complexity index is 806. The molecule has 0 heterocycles. The number of methoxy groups -OCH3 is 1. The Morgan fingerprint density at radius 3 is 2.46 bits per heavy atom. The number of nitrogens with one attached hydrogen (secondary N) is 2. The summed E-state index contributed by atoms with van der Waals surface area (Å²) in [5.41, 5.74) is 2.19. The molecule has 0 bridgehead atoms. The molecular weight excluding hydrogens is 352 g/mol. The number of anilines is 1. The number of halogens is 1. The number of aryl methyl sites for hydroxylation is 1. The van der Waals surface area contributed by atoms with Crippen molar-refractivity contribution in [3.8, 4) is 5.75 Å². The predicted octanol–water partition coefficient (Wildman–Crippen LogP) is 4.44. The van der Waals surface area contributed by atoms with Gasteiger partial charge in [-0.25, -0.2) is 0 Å². The van der Waals surface area contributed by atoms with Crippen LogP contribution in [0.4, 0.5) is 5.69 Å². The third kappa shape index (κ3) is 4.99. The van der Waals surface area contributed by atoms with E-state index in [-0.39, 0.29) is 11.8 Å². The Balaban J connectivity index is 2.17. The first kappa shape index (κ1) is 19.8. The quantitative estimate of drug-likeness (QED) is 0.704. The van der Waals surface area contributed by atoms with Gasteiger partial charge in [0.25, 0.3) is 11.8 Å². The molecule has 0 saturated heterocycles. The lowest BCUT2D eigenvalue weighted by molar-refractivity contribution is 0.0953. The maximum Gasteiger partial charge on any atom is 0.255 e. The fourth-order valence-electron chi connectivity index (χ4n) is 2.41. The van der Waals surface area contributed by atoms with Crippen LogP contribution in [0.3, 0.4) is 0 Å². The minimum atomic E-state index is -0.326. The van der Waals surface area contributed by atoms with Crippen LogP contribution in [0.1, 0.15) is 46.0 Å². The highest BCUT2D eigenvalue weighted by Crippen LogP contribution is 2.31. The van der Waals surface area contributed by atoms with Crippen molar-refractivity contribution in [3.05, 3.63) is 58.1 Å². The Labute approximate surface area is 158 Å². The minimum Gasteiger partial charge on any atom is -0.495 e. The summed E-state index contributed by atoms with van der Waals surface area (Å²) in [6, 6.07) is 10.0. The number of carbonyl (C=O) groups excluding carboxylic acids is 2. The maximum atomic E-state index is 12.6. The van der Waals surface area contributed by atoms with Gasteiger partial charge in [0.15, 0.2) is 0 Å². The van der Waals surface area contributed by atoms with Crippen LogP contribution in [0.2, 0.25) is 5.02 Å². The minimum absolute atomic E-state index is 0.187. The third-order valence-corrected chi connectivity index (χ3v) is 4.34. The molecule has 2 aromatic carbocycles. The SMILES string of the molecule is CCCCNC(=O)c1cccc(C(=O)Nc2cc(C)c(Cl)cc2OC)c1. The first-order valence-electron chi connectivity index (χ1n) is 8.50. The molecule has 0 aliphatic rings. The molecule has 0 atom stereocenters. The van der Waals surface area contributed by atoms with Crippen molar-refractivity contribution < 1.29 is 14.3 Å². The van der Waals surface area contributed by atoms with Crippen molar-refractivity contribution in [2.24, 2.45) is 0 Å². The molecular formula is C20H23ClN2O3. The molecule has 0 saturated carbocycles. The molecule has 0 radical (unpaired) electrons. The topological polar surface area (TPSA) is 67.4 Å². The Kier molecular flexibility index (Phi) is 7.04. The zero-order valence-corrected chi connectivity index (χ0v) is 15.9. The molecule has 0 spiro atoms. The van der Waals surface area contributed by atoms with Gasteiger partial charge in [0.05, 0.1) is 12.8 Å². The van der Waals surface area contributed by atoms with E-state index in [2.05, 4.69) is 17.6 Å². The van der Waals surface area contributed by atoms with E-state index in [4.69, 9.17) is 16.3 Å². The van der Waals surface area contributed by atoms with Gasteiger partial charge in [0.2, 0.25) is 0 Å². The smallest absolute Gasteiger partial charge is 0.255 e. The lowest BCUT2D eigenvalue weighted by Gasteiger charge is -2.13. The molecule has 0 unspecified atom stereocenters. The van der Waals surface area contributed by atoms with Crippen molar-refractivity contribution in [1.29, 1.82) is 0 Å². The number of hydrogen-bond donors (Lipinski definition) is 2. The van der Waals surface area contributed by atoms with E-state index in [1.165, 1.54) is 7.11 Å². The van der Waals surface area contributed by atoms with E-state index in [0.717, 1.165) is 18.4 Å². The predicted molar refractivity (Wildman–Crippen MR) is 104 cm³/mol. The summed E-state index contributed by atoms with van der Waals surface area (Å²) < 4.78 is 5.27. The van der Waals surface area contributed by atoms with Crippen LogP contribution < -0.4 is 15.4 Å². The van der Waals surface area contributed by atoms with Crippen LogP contribution in [0.25, 0.3) is 0 Å². The summed E-state index contributed by atoms with van der Waals surface area (Å²) >= 11 is 6.09. The molecule has 2 aromatic rings. The largest absolute Gasteiger partial charge is 0.495 e. The van der Waals surface area contributed by atoms with Crippen molar-refractivity contribution in [2.45, 2.75) is 26.7 Å². The van der Waals surface area contributed by atoms with Crippen LogP contribution in [0.15, 0.2) is 36.4 Å². The first-order valence-corrected chi connectivity index (χ1v) is 8.87. The van der Waals surface area contributed by atoms with E-state index < -0.39 is 0 Å². The highest BCUT2D eigenvalue weighted by molar-refractivity contribution is 6.31. The van der Waals surface area contributed by atoms with Crippen molar-refractivity contribution in [3.63, 3.8) is 0 Å². The van der Waals surface area contributed by atoms with Gasteiger partial charge in [-0.05, 0) is 43.2 Å². The molecule has 0 fully saturated rings. The maximum absolute atomic E-state index is 12.6. The molecule has 5 nitrogen and oxygen atoms in total. The normalized spacial score (nSPS) is 10.3. The van der Waals surface area contributed by atoms with Crippen molar-refractivity contribution in [1.82, 2.24) is 5.32 Å². The Morgan fingerprint density at radius 2 is 1.81 bits per heavy atom. The van der Waals surface area contributed by atoms with Crippen molar-refractivity contribution >= 4 is 29.1 Å². The van der Waals surface area contributed by atoms with Gasteiger partial charge in [0.1, 0.15) is 5.75 Å². The molecule has 0 aliphatic heterocycles. The number of benzene rings is 2. The van der Waals surface area contributed by atoms with Crippen LogP contribution >= 0.6 is 11.6 Å². The zero-order valence-electron chi connectivity index (χ0n) is 15.2. The van der Waals surface area contributed by atoms with E-state index in [0.29, 0.717) is 34.1 Å². The summed E-state index contributed by atoms with van der Waals surface area (Å²) in [5.74, 6) is -0.0383. The highest BCUT2D eigenvalue weighted by atomic mass is 35.5. The first-order chi connectivity index (χ1) is 12.5. The van der Waals surface area contributed by atoms with Crippen LogP contribution in [0.5, 0.6) is 5.75 Å². The second kappa shape index (κ2) is 9.25. The average Bonchev–Trinajstić information content (AvgIpc) is 2.64. The summed E-state index contributed by atoms with van der Waals surface area (Å²) in [4.78, 5) is 24.7. The van der Waals surface area contributed by atoms with Gasteiger partial charge in [-0.1, -0.05) is 31.0 Å². The van der Waals surface area contributed by atoms with Gasteiger partial charge in [0, 0.05) is 28.8 Å². The highest BCUT2D eigenvalue weighted by Gasteiger charge is 2.14. The molecule has 6 heteroatoms. The van der Waals surface area contributed by atoms with Crippen LogP contribution in [-0.2, 0) is 0 Å². The van der Waals surface area contributed by atoms with Gasteiger partial charge < -0.3 is 15.4 Å². The van der Waals surface area contributed by atoms with Crippen LogP contribution in [0, 0.1) is 6.92 Å². The van der Waals surface area contributed by atoms with Gasteiger partial charge in [-0.3, -0.25) is 9.59 Å². The van der Waals surface area contributed by atoms with Gasteiger partial charge in [-0.2, -0.15) is 0 Å². The summed E-state index contributed by atoms with van der Waals surface area (Å²) in [6.45, 7) is 4.52. The molecule has 138 valence electrons. The fraction of sp³-hybridized carbons (Fsp3) is 0.300. The molecule has 0 aliphatic carbocycles. The monoisotopic (exact) mass is 374 g/mol. The number of carbonyl (C=O) groups is 2. The Morgan fingerprint density at radius 1 is 1.12 bits per heavy atom. The number of rotatable bonds is 7. The third-order valence-electron chi connectivity index (χ3n) is 3.93. The summed E-state index contributed by atoms with van der Waals surface area (Å²) in [7, 11) is 1.51. The molecule has 2 N–H and O–H groups in total. The summed E-state index contributed by atoms with van der Waals surface area (Å²) in [6.07, 6.45) is 1.92. The summed E-state index contributed by atoms with van der Waals surface area (Å²) in [5, 5.41) is 6.21. The fourth-order valence-corrected chi connectivity index (χ4v) is 2.56. The van der Waals surface area contributed by atoms with E-state index in [1.807, 2.05) is 6.92 Å². The number of amides is 2. The zero-order chi connectivity index (χ0) is 19.1. The Hall–Kier alpha value is -2.53. The number of unbranched alkanes of at least 4 members (excludes halogenated alkanes) is 1. The second-order valence-electron chi connectivity index (χ2n) is 5.95. The van der Waals surface area contributed by atoms with E-state index in [1.54, 1.807) is 36.4 Å². The lowest BCUT2D eigenvalue weighted by Crippen LogP contribution is -2.24.